The second kappa shape index (κ2) is 11.4. The molecule has 5 nitrogen and oxygen atoms in total. The number of pyridine rings is 1. The Morgan fingerprint density at radius 2 is 1.02 bits per heavy atom. The Morgan fingerprint density at radius 1 is 0.420 bits per heavy atom. The van der Waals surface area contributed by atoms with Gasteiger partial charge in [-0.3, -0.25) is 4.98 Å². The van der Waals surface area contributed by atoms with Crippen molar-refractivity contribution in [3.63, 3.8) is 0 Å². The molecule has 0 unspecified atom stereocenters. The van der Waals surface area contributed by atoms with Crippen molar-refractivity contribution in [3.05, 3.63) is 170 Å². The van der Waals surface area contributed by atoms with Gasteiger partial charge in [0.1, 0.15) is 11.2 Å². The molecular formula is C45H28N4O. The highest BCUT2D eigenvalue weighted by molar-refractivity contribution is 6.11. The average Bonchev–Trinajstić information content (AvgIpc) is 3.73. The molecule has 0 bridgehead atoms. The molecule has 0 saturated carbocycles. The predicted octanol–water partition coefficient (Wildman–Crippen LogP) is 11.5. The van der Waals surface area contributed by atoms with E-state index in [0.29, 0.717) is 5.82 Å². The largest absolute Gasteiger partial charge is 0.456 e. The van der Waals surface area contributed by atoms with Crippen molar-refractivity contribution in [1.29, 1.82) is 0 Å². The number of rotatable bonds is 5. The predicted molar refractivity (Wildman–Crippen MR) is 203 cm³/mol. The van der Waals surface area contributed by atoms with Gasteiger partial charge in [0.15, 0.2) is 5.82 Å². The van der Waals surface area contributed by atoms with Crippen molar-refractivity contribution in [2.45, 2.75) is 0 Å². The number of benzene rings is 6. The highest BCUT2D eigenvalue weighted by Crippen LogP contribution is 2.37. The first-order chi connectivity index (χ1) is 24.8. The van der Waals surface area contributed by atoms with Gasteiger partial charge in [-0.1, -0.05) is 97.1 Å². The van der Waals surface area contributed by atoms with Gasteiger partial charge in [-0.2, -0.15) is 0 Å². The Hall–Kier alpha value is -6.85. The summed E-state index contributed by atoms with van der Waals surface area (Å²) in [6.45, 7) is 0. The van der Waals surface area contributed by atoms with Crippen molar-refractivity contribution in [2.24, 2.45) is 0 Å². The zero-order valence-corrected chi connectivity index (χ0v) is 26.9. The zero-order chi connectivity index (χ0) is 33.0. The van der Waals surface area contributed by atoms with Crippen molar-refractivity contribution in [2.75, 3.05) is 0 Å². The molecule has 0 aliphatic rings. The maximum atomic E-state index is 6.38. The summed E-state index contributed by atoms with van der Waals surface area (Å²) < 4.78 is 8.72. The van der Waals surface area contributed by atoms with Crippen molar-refractivity contribution < 1.29 is 4.42 Å². The highest BCUT2D eigenvalue weighted by Gasteiger charge is 2.16. The number of hydrogen-bond acceptors (Lipinski definition) is 4. The van der Waals surface area contributed by atoms with Gasteiger partial charge < -0.3 is 8.98 Å². The number of fused-ring (bicyclic) bond motifs is 6. The molecule has 0 N–H and O–H groups in total. The van der Waals surface area contributed by atoms with Crippen LogP contribution in [0.4, 0.5) is 0 Å². The molecule has 5 heteroatoms. The standard InChI is InChI=1S/C45H28N4O/c1-2-9-31(10-3-1)45-47-39(30-18-16-29(17-19-30)33-11-8-24-46-28-33)27-40(48-45)32-20-22-43-37(25-32)38-26-34(21-23-44(38)50-43)49-41-14-6-4-12-35(41)36-13-5-7-15-42(36)49/h1-28H. The normalized spacial score (nSPS) is 11.6. The molecule has 6 aromatic carbocycles. The van der Waals surface area contributed by atoms with Crippen molar-refractivity contribution in [3.8, 4) is 50.7 Å². The number of para-hydroxylation sites is 2. The van der Waals surface area contributed by atoms with E-state index in [1.807, 2.05) is 30.5 Å². The maximum Gasteiger partial charge on any atom is 0.160 e. The average molecular weight is 641 g/mol. The van der Waals surface area contributed by atoms with E-state index < -0.39 is 0 Å². The molecule has 0 spiro atoms. The molecule has 0 aliphatic carbocycles. The molecule has 234 valence electrons. The van der Waals surface area contributed by atoms with Crippen LogP contribution in [0.5, 0.6) is 0 Å². The van der Waals surface area contributed by atoms with Crippen LogP contribution in [0, 0.1) is 0 Å². The Balaban J connectivity index is 1.12. The summed E-state index contributed by atoms with van der Waals surface area (Å²) in [5.74, 6) is 0.681. The highest BCUT2D eigenvalue weighted by atomic mass is 16.3. The third kappa shape index (κ3) is 4.67. The first-order valence-corrected chi connectivity index (χ1v) is 16.7. The maximum absolute atomic E-state index is 6.38. The van der Waals surface area contributed by atoms with Crippen LogP contribution >= 0.6 is 0 Å². The fourth-order valence-corrected chi connectivity index (χ4v) is 7.09. The smallest absolute Gasteiger partial charge is 0.160 e. The molecule has 0 amide bonds. The third-order valence-corrected chi connectivity index (χ3v) is 9.52. The number of hydrogen-bond donors (Lipinski definition) is 0. The number of furan rings is 1. The van der Waals surface area contributed by atoms with E-state index in [1.165, 1.54) is 21.8 Å². The van der Waals surface area contributed by atoms with Crippen LogP contribution in [0.3, 0.4) is 0 Å². The summed E-state index contributed by atoms with van der Waals surface area (Å²) in [5.41, 5.74) is 12.0. The van der Waals surface area contributed by atoms with Crippen LogP contribution in [0.2, 0.25) is 0 Å². The zero-order valence-electron chi connectivity index (χ0n) is 26.9. The number of nitrogens with zero attached hydrogens (tertiary/aromatic N) is 4. The van der Waals surface area contributed by atoms with Gasteiger partial charge in [-0.25, -0.2) is 9.97 Å². The summed E-state index contributed by atoms with van der Waals surface area (Å²) in [6, 6.07) is 54.7. The van der Waals surface area contributed by atoms with Gasteiger partial charge in [-0.15, -0.1) is 0 Å². The molecule has 4 heterocycles. The second-order valence-electron chi connectivity index (χ2n) is 12.5. The SMILES string of the molecule is c1ccc(-c2nc(-c3ccc(-c4cccnc4)cc3)cc(-c3ccc4oc5ccc(-n6c7ccccc7c7ccccc76)cc5c4c3)n2)cc1. The summed E-state index contributed by atoms with van der Waals surface area (Å²) in [4.78, 5) is 14.4. The van der Waals surface area contributed by atoms with Gasteiger partial charge >= 0.3 is 0 Å². The van der Waals surface area contributed by atoms with Crippen molar-refractivity contribution >= 4 is 43.7 Å². The first kappa shape index (κ1) is 28.2. The molecular weight excluding hydrogens is 613 g/mol. The number of aromatic nitrogens is 4. The van der Waals surface area contributed by atoms with Gasteiger partial charge in [0.25, 0.3) is 0 Å². The van der Waals surface area contributed by atoms with Crippen LogP contribution in [0.25, 0.3) is 94.5 Å². The van der Waals surface area contributed by atoms with E-state index >= 15 is 0 Å². The van der Waals surface area contributed by atoms with Gasteiger partial charge in [0.05, 0.1) is 22.4 Å². The van der Waals surface area contributed by atoms with Gasteiger partial charge in [0.2, 0.25) is 0 Å². The van der Waals surface area contributed by atoms with E-state index in [4.69, 9.17) is 14.4 Å². The lowest BCUT2D eigenvalue weighted by atomic mass is 10.0. The van der Waals surface area contributed by atoms with Gasteiger partial charge in [0, 0.05) is 56.3 Å². The van der Waals surface area contributed by atoms with Crippen LogP contribution in [0.1, 0.15) is 0 Å². The molecule has 4 aromatic heterocycles. The lowest BCUT2D eigenvalue weighted by molar-refractivity contribution is 0.669. The molecule has 0 fully saturated rings. The summed E-state index contributed by atoms with van der Waals surface area (Å²) in [6.07, 6.45) is 3.67. The minimum atomic E-state index is 0.681. The second-order valence-corrected chi connectivity index (χ2v) is 12.5. The minimum absolute atomic E-state index is 0.681. The Labute approximate surface area is 287 Å². The lowest BCUT2D eigenvalue weighted by Gasteiger charge is -2.10. The minimum Gasteiger partial charge on any atom is -0.456 e. The third-order valence-electron chi connectivity index (χ3n) is 9.52. The van der Waals surface area contributed by atoms with Crippen LogP contribution < -0.4 is 0 Å². The Morgan fingerprint density at radius 3 is 1.74 bits per heavy atom. The Bertz CT molecular complexity index is 2800. The van der Waals surface area contributed by atoms with Gasteiger partial charge in [-0.05, 0) is 71.8 Å². The fraction of sp³-hybridized carbons (Fsp3) is 0. The quantitative estimate of drug-likeness (QED) is 0.188. The topological polar surface area (TPSA) is 56.7 Å². The lowest BCUT2D eigenvalue weighted by Crippen LogP contribution is -1.96. The van der Waals surface area contributed by atoms with E-state index in [2.05, 4.69) is 143 Å². The van der Waals surface area contributed by atoms with E-state index in [9.17, 15) is 0 Å². The van der Waals surface area contributed by atoms with Crippen molar-refractivity contribution in [1.82, 2.24) is 19.5 Å². The molecule has 0 radical (unpaired) electrons. The molecule has 0 atom stereocenters. The molecule has 50 heavy (non-hydrogen) atoms. The summed E-state index contributed by atoms with van der Waals surface area (Å²) >= 11 is 0. The molecule has 10 aromatic rings. The summed E-state index contributed by atoms with van der Waals surface area (Å²) in [5, 5.41) is 4.58. The fourth-order valence-electron chi connectivity index (χ4n) is 7.09. The molecule has 0 saturated heterocycles. The van der Waals surface area contributed by atoms with Crippen LogP contribution in [-0.4, -0.2) is 19.5 Å². The van der Waals surface area contributed by atoms with E-state index in [-0.39, 0.29) is 0 Å². The first-order valence-electron chi connectivity index (χ1n) is 16.7. The summed E-state index contributed by atoms with van der Waals surface area (Å²) in [7, 11) is 0. The van der Waals surface area contributed by atoms with Crippen LogP contribution in [-0.2, 0) is 0 Å². The monoisotopic (exact) mass is 640 g/mol. The van der Waals surface area contributed by atoms with E-state index in [0.717, 1.165) is 66.8 Å². The van der Waals surface area contributed by atoms with Crippen LogP contribution in [0.15, 0.2) is 175 Å². The Kier molecular flexibility index (Phi) is 6.42. The van der Waals surface area contributed by atoms with E-state index in [1.54, 1.807) is 6.20 Å². The molecule has 0 aliphatic heterocycles. The molecule has 10 rings (SSSR count).